The Hall–Kier alpha value is -6.71. The molecular formula is C47H28N2O. The Labute approximate surface area is 286 Å². The molecule has 0 saturated carbocycles. The molecule has 0 amide bonds. The lowest BCUT2D eigenvalue weighted by Crippen LogP contribution is -2.12. The van der Waals surface area contributed by atoms with E-state index in [2.05, 4.69) is 150 Å². The van der Waals surface area contributed by atoms with Crippen LogP contribution in [0.2, 0.25) is 0 Å². The topological polar surface area (TPSA) is 26.4 Å². The molecular weight excluding hydrogens is 609 g/mol. The lowest BCUT2D eigenvalue weighted by Gasteiger charge is -2.15. The summed E-state index contributed by atoms with van der Waals surface area (Å²) in [5.41, 5.74) is 10.2. The van der Waals surface area contributed by atoms with Crippen molar-refractivity contribution in [2.45, 2.75) is 0 Å². The van der Waals surface area contributed by atoms with Crippen molar-refractivity contribution in [3.8, 4) is 27.9 Å². The molecule has 0 aliphatic rings. The van der Waals surface area contributed by atoms with Gasteiger partial charge in [0.05, 0.1) is 27.8 Å². The first-order valence-electron chi connectivity index (χ1n) is 17.1. The second-order valence-corrected chi connectivity index (χ2v) is 13.3. The van der Waals surface area contributed by atoms with E-state index in [1.165, 1.54) is 49.4 Å². The molecule has 11 aromatic rings. The van der Waals surface area contributed by atoms with E-state index in [1.807, 2.05) is 28.7 Å². The Balaban J connectivity index is 1.14. The van der Waals surface area contributed by atoms with E-state index < -0.39 is 0 Å². The smallest absolute Gasteiger partial charge is 0.263 e. The molecule has 232 valence electrons. The van der Waals surface area contributed by atoms with Gasteiger partial charge in [0.2, 0.25) is 0 Å². The maximum Gasteiger partial charge on any atom is 0.263 e. The van der Waals surface area contributed by atoms with E-state index in [0.29, 0.717) is 0 Å². The molecule has 0 fully saturated rings. The molecule has 3 nitrogen and oxygen atoms in total. The van der Waals surface area contributed by atoms with E-state index in [-0.39, 0.29) is 5.56 Å². The molecule has 0 spiro atoms. The molecule has 11 rings (SSSR count). The first-order valence-corrected chi connectivity index (χ1v) is 17.1. The summed E-state index contributed by atoms with van der Waals surface area (Å²) < 4.78 is 4.32. The predicted molar refractivity (Wildman–Crippen MR) is 210 cm³/mol. The number of pyridine rings is 1. The Morgan fingerprint density at radius 2 is 0.860 bits per heavy atom. The van der Waals surface area contributed by atoms with Crippen LogP contribution >= 0.6 is 0 Å². The number of fused-ring (bicyclic) bond motifs is 9. The molecule has 0 aliphatic heterocycles. The van der Waals surface area contributed by atoms with E-state index in [1.54, 1.807) is 0 Å². The maximum atomic E-state index is 13.8. The Bertz CT molecular complexity index is 3180. The van der Waals surface area contributed by atoms with Gasteiger partial charge in [0.15, 0.2) is 0 Å². The number of benzene rings is 8. The third-order valence-electron chi connectivity index (χ3n) is 10.6. The normalized spacial score (nSPS) is 12.1. The minimum atomic E-state index is 0.0327. The van der Waals surface area contributed by atoms with Crippen molar-refractivity contribution < 1.29 is 0 Å². The molecule has 0 bridgehead atoms. The average molecular weight is 637 g/mol. The van der Waals surface area contributed by atoms with Crippen molar-refractivity contribution in [1.29, 1.82) is 0 Å². The van der Waals surface area contributed by atoms with Crippen molar-refractivity contribution in [3.05, 3.63) is 180 Å². The summed E-state index contributed by atoms with van der Waals surface area (Å²) in [7, 11) is 0. The van der Waals surface area contributed by atoms with Gasteiger partial charge in [-0.1, -0.05) is 121 Å². The van der Waals surface area contributed by atoms with Crippen LogP contribution in [0, 0.1) is 0 Å². The summed E-state index contributed by atoms with van der Waals surface area (Å²) in [5, 5.41) is 9.95. The van der Waals surface area contributed by atoms with Gasteiger partial charge in [-0.3, -0.25) is 9.20 Å². The van der Waals surface area contributed by atoms with Crippen LogP contribution in [0.25, 0.3) is 98.5 Å². The second-order valence-electron chi connectivity index (χ2n) is 13.3. The molecule has 3 heteroatoms. The van der Waals surface area contributed by atoms with Crippen molar-refractivity contribution in [1.82, 2.24) is 8.97 Å². The fourth-order valence-electron chi connectivity index (χ4n) is 8.48. The van der Waals surface area contributed by atoms with Crippen molar-refractivity contribution in [2.75, 3.05) is 0 Å². The first kappa shape index (κ1) is 27.3. The number of hydrogen-bond donors (Lipinski definition) is 0. The zero-order valence-corrected chi connectivity index (χ0v) is 27.0. The molecule has 3 aromatic heterocycles. The standard InChI is InChI=1S/C47H28N2O/c50-47-39-20-4-2-15-34(39)40-27-31(28-41-38-19-7-10-23-44(38)49(47)46(40)41)29-12-11-13-30(26-29)32-24-25-45(35-16-3-1-14-33(32)35)48-42-21-8-5-17-36(42)37-18-6-9-22-43(37)48/h1-28H. The number of nitrogens with zero attached hydrogens (tertiary/aromatic N) is 2. The fourth-order valence-corrected chi connectivity index (χ4v) is 8.48. The largest absolute Gasteiger partial charge is 0.309 e. The average Bonchev–Trinajstić information content (AvgIpc) is 3.70. The van der Waals surface area contributed by atoms with Gasteiger partial charge in [-0.15, -0.1) is 0 Å². The lowest BCUT2D eigenvalue weighted by molar-refractivity contribution is 1.20. The molecule has 3 heterocycles. The van der Waals surface area contributed by atoms with Crippen LogP contribution in [-0.2, 0) is 0 Å². The molecule has 0 radical (unpaired) electrons. The van der Waals surface area contributed by atoms with Gasteiger partial charge in [0.1, 0.15) is 0 Å². The molecule has 50 heavy (non-hydrogen) atoms. The molecule has 0 aliphatic carbocycles. The maximum absolute atomic E-state index is 13.8. The van der Waals surface area contributed by atoms with E-state index >= 15 is 0 Å². The van der Waals surface area contributed by atoms with Crippen molar-refractivity contribution in [2.24, 2.45) is 0 Å². The summed E-state index contributed by atoms with van der Waals surface area (Å²) in [6.07, 6.45) is 0. The number of para-hydroxylation sites is 3. The highest BCUT2D eigenvalue weighted by atomic mass is 16.1. The van der Waals surface area contributed by atoms with Crippen LogP contribution in [0.1, 0.15) is 0 Å². The summed E-state index contributed by atoms with van der Waals surface area (Å²) >= 11 is 0. The van der Waals surface area contributed by atoms with Gasteiger partial charge in [0.25, 0.3) is 5.56 Å². The van der Waals surface area contributed by atoms with Crippen molar-refractivity contribution in [3.63, 3.8) is 0 Å². The summed E-state index contributed by atoms with van der Waals surface area (Å²) in [4.78, 5) is 13.8. The van der Waals surface area contributed by atoms with Crippen LogP contribution in [0.5, 0.6) is 0 Å². The minimum Gasteiger partial charge on any atom is -0.309 e. The number of hydrogen-bond acceptors (Lipinski definition) is 1. The fraction of sp³-hybridized carbons (Fsp3) is 0. The predicted octanol–water partition coefficient (Wildman–Crippen LogP) is 11.8. The third-order valence-corrected chi connectivity index (χ3v) is 10.6. The molecule has 0 N–H and O–H groups in total. The zero-order valence-electron chi connectivity index (χ0n) is 27.0. The summed E-state index contributed by atoms with van der Waals surface area (Å²) in [6, 6.07) is 60.4. The van der Waals surface area contributed by atoms with E-state index in [9.17, 15) is 4.79 Å². The SMILES string of the molecule is O=c1c2ccccc2c2cc(-c3cccc(-c4ccc(-n5c6ccccc6c6ccccc65)c5ccccc45)c3)cc3c4ccccc4n1c23. The Morgan fingerprint density at radius 1 is 0.340 bits per heavy atom. The van der Waals surface area contributed by atoms with Gasteiger partial charge >= 0.3 is 0 Å². The molecule has 0 saturated heterocycles. The van der Waals surface area contributed by atoms with Crippen LogP contribution in [0.4, 0.5) is 0 Å². The summed E-state index contributed by atoms with van der Waals surface area (Å²) in [6.45, 7) is 0. The quantitative estimate of drug-likeness (QED) is 0.177. The Kier molecular flexibility index (Phi) is 5.53. The monoisotopic (exact) mass is 636 g/mol. The number of rotatable bonds is 3. The van der Waals surface area contributed by atoms with Crippen LogP contribution < -0.4 is 5.56 Å². The Morgan fingerprint density at radius 3 is 1.56 bits per heavy atom. The highest BCUT2D eigenvalue weighted by Gasteiger charge is 2.19. The van der Waals surface area contributed by atoms with Gasteiger partial charge in [-0.05, 0) is 81.6 Å². The van der Waals surface area contributed by atoms with Crippen LogP contribution in [0.15, 0.2) is 175 Å². The van der Waals surface area contributed by atoms with Gasteiger partial charge in [-0.25, -0.2) is 0 Å². The van der Waals surface area contributed by atoms with E-state index in [4.69, 9.17) is 0 Å². The first-order chi connectivity index (χ1) is 24.7. The molecule has 0 unspecified atom stereocenters. The third kappa shape index (κ3) is 3.66. The van der Waals surface area contributed by atoms with Gasteiger partial charge in [0, 0.05) is 37.7 Å². The number of aromatic nitrogens is 2. The van der Waals surface area contributed by atoms with Crippen LogP contribution in [-0.4, -0.2) is 8.97 Å². The van der Waals surface area contributed by atoms with Crippen LogP contribution in [0.3, 0.4) is 0 Å². The molecule has 0 atom stereocenters. The lowest BCUT2D eigenvalue weighted by atomic mass is 9.93. The highest BCUT2D eigenvalue weighted by molar-refractivity contribution is 6.21. The van der Waals surface area contributed by atoms with Crippen molar-refractivity contribution >= 4 is 70.5 Å². The zero-order chi connectivity index (χ0) is 32.9. The second kappa shape index (κ2) is 10.1. The molecule has 8 aromatic carbocycles. The van der Waals surface area contributed by atoms with Gasteiger partial charge in [-0.2, -0.15) is 0 Å². The minimum absolute atomic E-state index is 0.0327. The highest BCUT2D eigenvalue weighted by Crippen LogP contribution is 2.41. The van der Waals surface area contributed by atoms with Gasteiger partial charge < -0.3 is 4.57 Å². The van der Waals surface area contributed by atoms with E-state index in [0.717, 1.165) is 49.1 Å². The summed E-state index contributed by atoms with van der Waals surface area (Å²) in [5.74, 6) is 0.